The van der Waals surface area contributed by atoms with Crippen molar-refractivity contribution < 1.29 is 14.4 Å². The summed E-state index contributed by atoms with van der Waals surface area (Å²) in [5, 5.41) is 3.31. The number of fused-ring (bicyclic) bond motifs is 1. The molecule has 2 aromatic rings. The van der Waals surface area contributed by atoms with Crippen LogP contribution in [0.5, 0.6) is 0 Å². The summed E-state index contributed by atoms with van der Waals surface area (Å²) in [7, 11) is 0. The van der Waals surface area contributed by atoms with Crippen LogP contribution in [0.25, 0.3) is 0 Å². The third-order valence-electron chi connectivity index (χ3n) is 5.18. The average Bonchev–Trinajstić information content (AvgIpc) is 3.24. The zero-order valence-corrected chi connectivity index (χ0v) is 16.2. The Kier molecular flexibility index (Phi) is 5.34. The van der Waals surface area contributed by atoms with Gasteiger partial charge in [-0.25, -0.2) is 4.98 Å². The van der Waals surface area contributed by atoms with Crippen LogP contribution in [0.15, 0.2) is 48.7 Å². The van der Waals surface area contributed by atoms with E-state index in [0.29, 0.717) is 18.0 Å². The van der Waals surface area contributed by atoms with Crippen LogP contribution in [0.1, 0.15) is 29.7 Å². The molecule has 6 nitrogen and oxygen atoms in total. The van der Waals surface area contributed by atoms with Gasteiger partial charge in [0.1, 0.15) is 0 Å². The minimum absolute atomic E-state index is 0.0813. The molecule has 2 aliphatic rings. The van der Waals surface area contributed by atoms with E-state index in [-0.39, 0.29) is 42.5 Å². The number of carbonyl (C=O) groups excluding carboxylic acids is 3. The zero-order valence-electron chi connectivity index (χ0n) is 15.3. The topological polar surface area (TPSA) is 79.4 Å². The molecule has 1 aromatic heterocycles. The van der Waals surface area contributed by atoms with Gasteiger partial charge in [0.25, 0.3) is 0 Å². The predicted octanol–water partition coefficient (Wildman–Crippen LogP) is 3.01. The first kappa shape index (κ1) is 18.6. The highest BCUT2D eigenvalue weighted by atomic mass is 32.1. The number of rotatable bonds is 6. The van der Waals surface area contributed by atoms with Crippen LogP contribution in [-0.4, -0.2) is 34.2 Å². The van der Waals surface area contributed by atoms with Gasteiger partial charge in [-0.3, -0.25) is 19.3 Å². The number of imide groups is 1. The lowest BCUT2D eigenvalue weighted by molar-refractivity contribution is -0.140. The van der Waals surface area contributed by atoms with E-state index in [9.17, 15) is 14.4 Å². The Hall–Kier alpha value is -2.80. The van der Waals surface area contributed by atoms with Crippen LogP contribution in [0.2, 0.25) is 0 Å². The van der Waals surface area contributed by atoms with Gasteiger partial charge in [-0.2, -0.15) is 0 Å². The SMILES string of the molecule is O=C(CCN1C(=O)[C@H]2CC=CC[C@H]2C1=O)Nc1ncc(Cc2ccccc2)s1. The molecule has 1 aliphatic heterocycles. The van der Waals surface area contributed by atoms with Crippen LogP contribution in [0, 0.1) is 11.8 Å². The van der Waals surface area contributed by atoms with Crippen LogP contribution < -0.4 is 5.32 Å². The second-order valence-electron chi connectivity index (χ2n) is 7.08. The van der Waals surface area contributed by atoms with E-state index in [2.05, 4.69) is 22.4 Å². The predicted molar refractivity (Wildman–Crippen MR) is 107 cm³/mol. The molecule has 3 amide bonds. The number of aromatic nitrogens is 1. The lowest BCUT2D eigenvalue weighted by atomic mass is 9.85. The summed E-state index contributed by atoms with van der Waals surface area (Å²) in [4.78, 5) is 43.7. The summed E-state index contributed by atoms with van der Waals surface area (Å²) < 4.78 is 0. The number of likely N-dealkylation sites (tertiary alicyclic amines) is 1. The van der Waals surface area contributed by atoms with Gasteiger partial charge in [0, 0.05) is 30.5 Å². The van der Waals surface area contributed by atoms with Gasteiger partial charge in [0.05, 0.1) is 11.8 Å². The Bertz CT molecular complexity index is 896. The number of carbonyl (C=O) groups is 3. The minimum atomic E-state index is -0.250. The molecule has 0 radical (unpaired) electrons. The normalized spacial score (nSPS) is 21.1. The lowest BCUT2D eigenvalue weighted by Crippen LogP contribution is -2.34. The third-order valence-corrected chi connectivity index (χ3v) is 6.10. The first-order valence-electron chi connectivity index (χ1n) is 9.40. The van der Waals surface area contributed by atoms with Crippen molar-refractivity contribution in [2.75, 3.05) is 11.9 Å². The van der Waals surface area contributed by atoms with Crippen LogP contribution in [-0.2, 0) is 20.8 Å². The first-order valence-corrected chi connectivity index (χ1v) is 10.2. The fourth-order valence-electron chi connectivity index (χ4n) is 3.73. The zero-order chi connectivity index (χ0) is 19.5. The summed E-state index contributed by atoms with van der Waals surface area (Å²) >= 11 is 1.43. The van der Waals surface area contributed by atoms with E-state index < -0.39 is 0 Å². The van der Waals surface area contributed by atoms with Gasteiger partial charge in [0.2, 0.25) is 17.7 Å². The number of allylic oxidation sites excluding steroid dienone is 2. The van der Waals surface area contributed by atoms with E-state index in [1.807, 2.05) is 30.4 Å². The van der Waals surface area contributed by atoms with E-state index in [4.69, 9.17) is 0 Å². The largest absolute Gasteiger partial charge is 0.302 e. The summed E-state index contributed by atoms with van der Waals surface area (Å²) in [6.45, 7) is 0.124. The van der Waals surface area contributed by atoms with Gasteiger partial charge >= 0.3 is 0 Å². The first-order chi connectivity index (χ1) is 13.6. The van der Waals surface area contributed by atoms with Crippen molar-refractivity contribution in [3.05, 3.63) is 59.1 Å². The quantitative estimate of drug-likeness (QED) is 0.602. The Balaban J connectivity index is 1.29. The maximum atomic E-state index is 12.4. The van der Waals surface area contributed by atoms with E-state index in [1.54, 1.807) is 6.20 Å². The molecule has 7 heteroatoms. The molecule has 144 valence electrons. The second kappa shape index (κ2) is 8.06. The summed E-state index contributed by atoms with van der Waals surface area (Å²) in [5.74, 6) is -1.03. The fraction of sp³-hybridized carbons (Fsp3) is 0.333. The second-order valence-corrected chi connectivity index (χ2v) is 8.19. The Morgan fingerprint density at radius 1 is 1.11 bits per heavy atom. The number of hydrogen-bond donors (Lipinski definition) is 1. The molecule has 28 heavy (non-hydrogen) atoms. The maximum Gasteiger partial charge on any atom is 0.233 e. The summed E-state index contributed by atoms with van der Waals surface area (Å²) in [6.07, 6.45) is 7.75. The highest BCUT2D eigenvalue weighted by Crippen LogP contribution is 2.35. The van der Waals surface area contributed by atoms with E-state index in [0.717, 1.165) is 11.3 Å². The van der Waals surface area contributed by atoms with Crippen LogP contribution in [0.3, 0.4) is 0 Å². The van der Waals surface area contributed by atoms with Crippen molar-refractivity contribution in [3.63, 3.8) is 0 Å². The number of hydrogen-bond acceptors (Lipinski definition) is 5. The molecular weight excluding hydrogens is 374 g/mol. The molecule has 4 rings (SSSR count). The smallest absolute Gasteiger partial charge is 0.233 e. The highest BCUT2D eigenvalue weighted by Gasteiger charge is 2.46. The van der Waals surface area contributed by atoms with Crippen molar-refractivity contribution in [2.45, 2.75) is 25.7 Å². The molecule has 1 saturated heterocycles. The molecule has 1 aromatic carbocycles. The van der Waals surface area contributed by atoms with Crippen molar-refractivity contribution in [1.29, 1.82) is 0 Å². The lowest BCUT2D eigenvalue weighted by Gasteiger charge is -2.14. The number of amides is 3. The molecule has 0 bridgehead atoms. The number of thiazole rings is 1. The molecule has 1 N–H and O–H groups in total. The van der Waals surface area contributed by atoms with Gasteiger partial charge in [-0.05, 0) is 18.4 Å². The Labute approximate surface area is 167 Å². The van der Waals surface area contributed by atoms with E-state index >= 15 is 0 Å². The van der Waals surface area contributed by atoms with Crippen molar-refractivity contribution >= 4 is 34.2 Å². The Morgan fingerprint density at radius 2 is 1.79 bits per heavy atom. The molecule has 1 aliphatic carbocycles. The fourth-order valence-corrected chi connectivity index (χ4v) is 4.59. The number of nitrogens with zero attached hydrogens (tertiary/aromatic N) is 2. The molecule has 2 atom stereocenters. The maximum absolute atomic E-state index is 12.4. The van der Waals surface area contributed by atoms with Gasteiger partial charge < -0.3 is 5.32 Å². The highest BCUT2D eigenvalue weighted by molar-refractivity contribution is 7.15. The molecule has 0 saturated carbocycles. The van der Waals surface area contributed by atoms with Crippen molar-refractivity contribution in [3.8, 4) is 0 Å². The van der Waals surface area contributed by atoms with Crippen LogP contribution >= 0.6 is 11.3 Å². The number of anilines is 1. The Morgan fingerprint density at radius 3 is 2.46 bits per heavy atom. The molecule has 2 heterocycles. The summed E-state index contributed by atoms with van der Waals surface area (Å²) in [5.41, 5.74) is 1.19. The van der Waals surface area contributed by atoms with Gasteiger partial charge in [-0.1, -0.05) is 42.5 Å². The average molecular weight is 395 g/mol. The van der Waals surface area contributed by atoms with Crippen LogP contribution in [0.4, 0.5) is 5.13 Å². The van der Waals surface area contributed by atoms with Gasteiger partial charge in [-0.15, -0.1) is 11.3 Å². The molecular formula is C21H21N3O3S. The van der Waals surface area contributed by atoms with Gasteiger partial charge in [0.15, 0.2) is 5.13 Å². The summed E-state index contributed by atoms with van der Waals surface area (Å²) in [6, 6.07) is 10.1. The third kappa shape index (κ3) is 3.89. The standard InChI is InChI=1S/C21H21N3O3S/c25-18(10-11-24-19(26)16-8-4-5-9-17(16)20(24)27)23-21-22-13-15(28-21)12-14-6-2-1-3-7-14/h1-7,13,16-17H,8-12H2,(H,22,23,25)/t16-,17+. The van der Waals surface area contributed by atoms with Crippen molar-refractivity contribution in [2.24, 2.45) is 11.8 Å². The molecule has 0 unspecified atom stereocenters. The monoisotopic (exact) mass is 395 g/mol. The number of nitrogens with one attached hydrogen (secondary N) is 1. The molecule has 0 spiro atoms. The number of benzene rings is 1. The van der Waals surface area contributed by atoms with E-state index in [1.165, 1.54) is 21.8 Å². The molecule has 1 fully saturated rings. The van der Waals surface area contributed by atoms with Crippen molar-refractivity contribution in [1.82, 2.24) is 9.88 Å². The minimum Gasteiger partial charge on any atom is -0.302 e.